The highest BCUT2D eigenvalue weighted by atomic mass is 16.6. The van der Waals surface area contributed by atoms with Gasteiger partial charge in [0.1, 0.15) is 6.10 Å². The van der Waals surface area contributed by atoms with E-state index in [-0.39, 0.29) is 25.9 Å². The van der Waals surface area contributed by atoms with Crippen molar-refractivity contribution in [3.63, 3.8) is 0 Å². The van der Waals surface area contributed by atoms with Crippen molar-refractivity contribution < 1.29 is 29.5 Å². The first-order valence-corrected chi connectivity index (χ1v) is 9.44. The topological polar surface area (TPSA) is 88.4 Å². The van der Waals surface area contributed by atoms with Crippen LogP contribution in [0.15, 0.2) is 0 Å². The van der Waals surface area contributed by atoms with Crippen LogP contribution in [0.4, 0.5) is 0 Å². The molecular formula is C18H38O6. The van der Waals surface area contributed by atoms with Crippen LogP contribution < -0.4 is 0 Å². The molecule has 0 radical (unpaired) electrons. The molecule has 0 atom stereocenters. The van der Waals surface area contributed by atoms with Crippen LogP contribution >= 0.6 is 0 Å². The summed E-state index contributed by atoms with van der Waals surface area (Å²) in [4.78, 5) is 0. The van der Waals surface area contributed by atoms with Crippen LogP contribution in [0.1, 0.15) is 57.8 Å². The van der Waals surface area contributed by atoms with Gasteiger partial charge in [-0.1, -0.05) is 0 Å². The maximum Gasteiger partial charge on any atom is 0.104 e. The van der Waals surface area contributed by atoms with Gasteiger partial charge in [0, 0.05) is 39.6 Å². The van der Waals surface area contributed by atoms with Crippen LogP contribution in [-0.2, 0) is 14.2 Å². The molecule has 6 nitrogen and oxygen atoms in total. The minimum absolute atomic E-state index is 0.0604. The summed E-state index contributed by atoms with van der Waals surface area (Å²) >= 11 is 0. The van der Waals surface area contributed by atoms with Crippen molar-refractivity contribution in [1.82, 2.24) is 0 Å². The molecule has 6 heteroatoms. The van der Waals surface area contributed by atoms with Gasteiger partial charge in [0.05, 0.1) is 13.2 Å². The van der Waals surface area contributed by atoms with Gasteiger partial charge in [-0.25, -0.2) is 0 Å². The van der Waals surface area contributed by atoms with Crippen LogP contribution in [0.25, 0.3) is 0 Å². The number of rotatable bonds is 20. The lowest BCUT2D eigenvalue weighted by Crippen LogP contribution is -2.27. The van der Waals surface area contributed by atoms with Crippen molar-refractivity contribution in [1.29, 1.82) is 0 Å². The molecule has 0 saturated carbocycles. The van der Waals surface area contributed by atoms with E-state index in [1.165, 1.54) is 0 Å². The van der Waals surface area contributed by atoms with E-state index < -0.39 is 0 Å². The predicted octanol–water partition coefficient (Wildman–Crippen LogP) is 1.89. The molecule has 0 aromatic carbocycles. The highest BCUT2D eigenvalue weighted by Gasteiger charge is 2.10. The van der Waals surface area contributed by atoms with Crippen LogP contribution in [-0.4, -0.2) is 74.3 Å². The molecule has 0 saturated heterocycles. The van der Waals surface area contributed by atoms with Crippen LogP contribution in [0.3, 0.4) is 0 Å². The standard InChI is InChI=1S/C18H38O6/c19-10-4-1-7-13-22-16-18(24-15-9-3-6-12-21)17-23-14-8-2-5-11-20/h18-21H,1-17H2. The van der Waals surface area contributed by atoms with Crippen LogP contribution in [0.5, 0.6) is 0 Å². The van der Waals surface area contributed by atoms with Crippen LogP contribution in [0.2, 0.25) is 0 Å². The van der Waals surface area contributed by atoms with Crippen molar-refractivity contribution in [3.8, 4) is 0 Å². The Morgan fingerprint density at radius 1 is 0.500 bits per heavy atom. The fourth-order valence-corrected chi connectivity index (χ4v) is 2.20. The molecule has 0 fully saturated rings. The summed E-state index contributed by atoms with van der Waals surface area (Å²) in [6.45, 7) is 3.78. The molecule has 0 spiro atoms. The van der Waals surface area contributed by atoms with E-state index in [4.69, 9.17) is 29.5 Å². The Bertz CT molecular complexity index is 212. The van der Waals surface area contributed by atoms with E-state index in [2.05, 4.69) is 0 Å². The second-order valence-corrected chi connectivity index (χ2v) is 6.00. The molecule has 0 aromatic heterocycles. The Balaban J connectivity index is 3.74. The van der Waals surface area contributed by atoms with Crippen molar-refractivity contribution in [2.75, 3.05) is 52.9 Å². The van der Waals surface area contributed by atoms with E-state index >= 15 is 0 Å². The monoisotopic (exact) mass is 350 g/mol. The van der Waals surface area contributed by atoms with Gasteiger partial charge in [-0.05, 0) is 57.8 Å². The third kappa shape index (κ3) is 18.1. The van der Waals surface area contributed by atoms with Gasteiger partial charge < -0.3 is 29.5 Å². The van der Waals surface area contributed by atoms with E-state index in [9.17, 15) is 0 Å². The minimum atomic E-state index is -0.0604. The second-order valence-electron chi connectivity index (χ2n) is 6.00. The number of unbranched alkanes of at least 4 members (excludes halogenated alkanes) is 6. The first kappa shape index (κ1) is 23.8. The van der Waals surface area contributed by atoms with Gasteiger partial charge in [0.15, 0.2) is 0 Å². The van der Waals surface area contributed by atoms with E-state index in [0.717, 1.165) is 57.8 Å². The molecule has 0 aliphatic carbocycles. The largest absolute Gasteiger partial charge is 0.396 e. The zero-order chi connectivity index (χ0) is 17.7. The second kappa shape index (κ2) is 20.8. The Morgan fingerprint density at radius 3 is 1.33 bits per heavy atom. The van der Waals surface area contributed by atoms with Crippen molar-refractivity contribution in [2.45, 2.75) is 63.9 Å². The number of aliphatic hydroxyl groups is 3. The lowest BCUT2D eigenvalue weighted by Gasteiger charge is -2.18. The average molecular weight is 350 g/mol. The lowest BCUT2D eigenvalue weighted by atomic mass is 10.2. The molecule has 0 bridgehead atoms. The molecule has 0 amide bonds. The number of hydrogen-bond donors (Lipinski definition) is 3. The van der Waals surface area contributed by atoms with Crippen LogP contribution in [0, 0.1) is 0 Å². The summed E-state index contributed by atoms with van der Waals surface area (Å²) in [5, 5.41) is 26.2. The SMILES string of the molecule is OCCCCCOCC(COCCCCCO)OCCCCCO. The maximum atomic E-state index is 8.77. The average Bonchev–Trinajstić information content (AvgIpc) is 2.60. The van der Waals surface area contributed by atoms with Gasteiger partial charge in [-0.3, -0.25) is 0 Å². The highest BCUT2D eigenvalue weighted by Crippen LogP contribution is 2.03. The minimum Gasteiger partial charge on any atom is -0.396 e. The van der Waals surface area contributed by atoms with Crippen molar-refractivity contribution in [2.24, 2.45) is 0 Å². The van der Waals surface area contributed by atoms with Crippen molar-refractivity contribution in [3.05, 3.63) is 0 Å². The fourth-order valence-electron chi connectivity index (χ4n) is 2.20. The van der Waals surface area contributed by atoms with E-state index in [1.807, 2.05) is 0 Å². The molecule has 24 heavy (non-hydrogen) atoms. The molecule has 0 aliphatic heterocycles. The zero-order valence-corrected chi connectivity index (χ0v) is 15.2. The number of hydrogen-bond acceptors (Lipinski definition) is 6. The summed E-state index contributed by atoms with van der Waals surface area (Å²) in [6.07, 6.45) is 8.16. The summed E-state index contributed by atoms with van der Waals surface area (Å²) in [5.41, 5.74) is 0. The quantitative estimate of drug-likeness (QED) is 0.291. The van der Waals surface area contributed by atoms with Gasteiger partial charge in [-0.15, -0.1) is 0 Å². The molecule has 0 rings (SSSR count). The first-order chi connectivity index (χ1) is 11.8. The zero-order valence-electron chi connectivity index (χ0n) is 15.2. The Hall–Kier alpha value is -0.240. The lowest BCUT2D eigenvalue weighted by molar-refractivity contribution is -0.0617. The molecular weight excluding hydrogens is 312 g/mol. The van der Waals surface area contributed by atoms with Gasteiger partial charge in [-0.2, -0.15) is 0 Å². The first-order valence-electron chi connectivity index (χ1n) is 9.44. The Kier molecular flexibility index (Phi) is 20.6. The molecule has 0 aliphatic rings. The Labute approximate surface area is 147 Å². The predicted molar refractivity (Wildman–Crippen MR) is 94.2 cm³/mol. The van der Waals surface area contributed by atoms with E-state index in [0.29, 0.717) is 33.0 Å². The van der Waals surface area contributed by atoms with Crippen molar-refractivity contribution >= 4 is 0 Å². The van der Waals surface area contributed by atoms with E-state index in [1.54, 1.807) is 0 Å². The molecule has 3 N–H and O–H groups in total. The fraction of sp³-hybridized carbons (Fsp3) is 1.00. The van der Waals surface area contributed by atoms with Gasteiger partial charge in [0.2, 0.25) is 0 Å². The summed E-state index contributed by atoms with van der Waals surface area (Å²) < 4.78 is 17.1. The van der Waals surface area contributed by atoms with Gasteiger partial charge in [0.25, 0.3) is 0 Å². The third-order valence-corrected chi connectivity index (χ3v) is 3.66. The van der Waals surface area contributed by atoms with Gasteiger partial charge >= 0.3 is 0 Å². The summed E-state index contributed by atoms with van der Waals surface area (Å²) in [5.74, 6) is 0. The molecule has 0 heterocycles. The highest BCUT2D eigenvalue weighted by molar-refractivity contribution is 4.57. The number of aliphatic hydroxyl groups excluding tert-OH is 3. The molecule has 0 aromatic rings. The molecule has 0 unspecified atom stereocenters. The smallest absolute Gasteiger partial charge is 0.104 e. The summed E-state index contributed by atoms with van der Waals surface area (Å²) in [7, 11) is 0. The normalized spacial score (nSPS) is 11.5. The maximum absolute atomic E-state index is 8.77. The number of ether oxygens (including phenoxy) is 3. The third-order valence-electron chi connectivity index (χ3n) is 3.66. The summed E-state index contributed by atoms with van der Waals surface area (Å²) in [6, 6.07) is 0. The molecule has 146 valence electrons. The Morgan fingerprint density at radius 2 is 0.917 bits per heavy atom.